The van der Waals surface area contributed by atoms with E-state index in [-0.39, 0.29) is 0 Å². The first-order valence-corrected chi connectivity index (χ1v) is 21.1. The Morgan fingerprint density at radius 1 is 0.267 bits per heavy atom. The second kappa shape index (κ2) is 14.0. The maximum Gasteiger partial charge on any atom is 0.0713 e. The van der Waals surface area contributed by atoms with E-state index in [1.807, 2.05) is 0 Å². The van der Waals surface area contributed by atoms with E-state index in [1.54, 1.807) is 0 Å². The molecule has 0 radical (unpaired) electrons. The Bertz CT molecular complexity index is 2850. The van der Waals surface area contributed by atoms with Crippen LogP contribution in [0.4, 0.5) is 17.1 Å². The summed E-state index contributed by atoms with van der Waals surface area (Å²) in [6.07, 6.45) is 0. The average Bonchev–Trinajstić information content (AvgIpc) is 3.76. The van der Waals surface area contributed by atoms with Gasteiger partial charge in [0.15, 0.2) is 0 Å². The van der Waals surface area contributed by atoms with Crippen LogP contribution in [0.15, 0.2) is 218 Å². The fraction of sp³-hybridized carbons (Fsp3) is 0.0847. The fourth-order valence-corrected chi connectivity index (χ4v) is 10.5. The van der Waals surface area contributed by atoms with Gasteiger partial charge in [0.1, 0.15) is 0 Å². The Balaban J connectivity index is 1.15. The van der Waals surface area contributed by atoms with Crippen molar-refractivity contribution in [1.82, 2.24) is 0 Å². The molecular formula is C59H45N. The third kappa shape index (κ3) is 5.25. The molecule has 0 heterocycles. The maximum atomic E-state index is 2.45. The number of benzene rings is 9. The molecule has 0 N–H and O–H groups in total. The van der Waals surface area contributed by atoms with E-state index in [4.69, 9.17) is 0 Å². The molecule has 9 aromatic carbocycles. The van der Waals surface area contributed by atoms with Crippen molar-refractivity contribution in [2.24, 2.45) is 0 Å². The van der Waals surface area contributed by atoms with Crippen molar-refractivity contribution in [1.29, 1.82) is 0 Å². The molecule has 0 spiro atoms. The van der Waals surface area contributed by atoms with Gasteiger partial charge in [-0.15, -0.1) is 0 Å². The lowest BCUT2D eigenvalue weighted by Gasteiger charge is -2.35. The van der Waals surface area contributed by atoms with Crippen LogP contribution in [0.3, 0.4) is 0 Å². The zero-order valence-electron chi connectivity index (χ0n) is 34.2. The van der Waals surface area contributed by atoms with E-state index in [0.717, 1.165) is 17.1 Å². The quantitative estimate of drug-likeness (QED) is 0.156. The standard InChI is InChI=1S/C59H45N/c1-40-22-28-45(29-23-40)58(43-14-6-4-7-15-43)54-20-12-10-18-50(54)52-38-48(34-36-56(52)58)60(47-32-26-42(3)27-33-47)49-35-37-57-53(39-49)51-19-11-13-21-55(51)59(57,44-16-8-5-9-17-44)46-30-24-41(2)25-31-46/h4-39H,1-3H3. The van der Waals surface area contributed by atoms with Gasteiger partial charge >= 0.3 is 0 Å². The average molecular weight is 768 g/mol. The van der Waals surface area contributed by atoms with Crippen molar-refractivity contribution in [3.8, 4) is 22.3 Å². The highest BCUT2D eigenvalue weighted by Gasteiger charge is 2.48. The molecule has 0 saturated carbocycles. The Labute approximate surface area is 353 Å². The summed E-state index contributed by atoms with van der Waals surface area (Å²) in [6, 6.07) is 81.9. The second-order valence-electron chi connectivity index (χ2n) is 16.7. The summed E-state index contributed by atoms with van der Waals surface area (Å²) >= 11 is 0. The summed E-state index contributed by atoms with van der Waals surface area (Å²) in [6.45, 7) is 6.50. The number of rotatable bonds is 7. The van der Waals surface area contributed by atoms with Crippen molar-refractivity contribution in [3.05, 3.63) is 280 Å². The first-order chi connectivity index (χ1) is 29.5. The lowest BCUT2D eigenvalue weighted by Crippen LogP contribution is -2.28. The van der Waals surface area contributed by atoms with Gasteiger partial charge in [-0.1, -0.05) is 199 Å². The predicted molar refractivity (Wildman–Crippen MR) is 250 cm³/mol. The minimum Gasteiger partial charge on any atom is -0.310 e. The van der Waals surface area contributed by atoms with Gasteiger partial charge in [0.25, 0.3) is 0 Å². The zero-order valence-corrected chi connectivity index (χ0v) is 34.2. The third-order valence-corrected chi connectivity index (χ3v) is 13.2. The Kier molecular flexibility index (Phi) is 8.36. The molecule has 11 rings (SSSR count). The number of hydrogen-bond acceptors (Lipinski definition) is 1. The smallest absolute Gasteiger partial charge is 0.0713 e. The molecule has 0 saturated heterocycles. The van der Waals surface area contributed by atoms with Gasteiger partial charge in [0.2, 0.25) is 0 Å². The van der Waals surface area contributed by atoms with Gasteiger partial charge in [-0.05, 0) is 124 Å². The minimum absolute atomic E-state index is 0.456. The van der Waals surface area contributed by atoms with Crippen LogP contribution in [0.2, 0.25) is 0 Å². The molecule has 2 aliphatic rings. The van der Waals surface area contributed by atoms with Crippen LogP contribution in [-0.4, -0.2) is 0 Å². The summed E-state index contributed by atoms with van der Waals surface area (Å²) in [5.41, 5.74) is 21.6. The van der Waals surface area contributed by atoms with Gasteiger partial charge in [0.05, 0.1) is 10.8 Å². The zero-order chi connectivity index (χ0) is 40.4. The number of nitrogens with zero attached hydrogens (tertiary/aromatic N) is 1. The van der Waals surface area contributed by atoms with E-state index in [1.165, 1.54) is 83.5 Å². The second-order valence-corrected chi connectivity index (χ2v) is 16.7. The summed E-state index contributed by atoms with van der Waals surface area (Å²) in [5.74, 6) is 0. The number of hydrogen-bond donors (Lipinski definition) is 0. The van der Waals surface area contributed by atoms with Crippen molar-refractivity contribution in [3.63, 3.8) is 0 Å². The molecule has 0 bridgehead atoms. The largest absolute Gasteiger partial charge is 0.310 e. The lowest BCUT2D eigenvalue weighted by atomic mass is 9.67. The molecule has 9 aromatic rings. The molecule has 2 unspecified atom stereocenters. The van der Waals surface area contributed by atoms with E-state index >= 15 is 0 Å². The normalized spacial score (nSPS) is 17.1. The highest BCUT2D eigenvalue weighted by molar-refractivity contribution is 5.93. The SMILES string of the molecule is Cc1ccc(N(c2ccc3c(c2)-c2ccccc2C3(c2ccccc2)c2ccc(C)cc2)c2ccc3c(c2)-c2ccccc2C3(c2ccccc2)c2ccc(C)cc2)cc1. The molecule has 286 valence electrons. The number of fused-ring (bicyclic) bond motifs is 6. The predicted octanol–water partition coefficient (Wildman–Crippen LogP) is 14.8. The summed E-state index contributed by atoms with van der Waals surface area (Å²) in [4.78, 5) is 2.45. The third-order valence-electron chi connectivity index (χ3n) is 13.2. The van der Waals surface area contributed by atoms with Gasteiger partial charge in [0, 0.05) is 17.1 Å². The highest BCUT2D eigenvalue weighted by Crippen LogP contribution is 2.59. The molecule has 60 heavy (non-hydrogen) atoms. The fourth-order valence-electron chi connectivity index (χ4n) is 10.5. The molecule has 2 atom stereocenters. The molecule has 0 aliphatic heterocycles. The highest BCUT2D eigenvalue weighted by atomic mass is 15.1. The van der Waals surface area contributed by atoms with Gasteiger partial charge in [-0.25, -0.2) is 0 Å². The van der Waals surface area contributed by atoms with Crippen LogP contribution in [0.1, 0.15) is 61.2 Å². The van der Waals surface area contributed by atoms with Crippen molar-refractivity contribution in [2.75, 3.05) is 4.90 Å². The minimum atomic E-state index is -0.456. The van der Waals surface area contributed by atoms with Crippen molar-refractivity contribution < 1.29 is 0 Å². The molecular weight excluding hydrogens is 723 g/mol. The van der Waals surface area contributed by atoms with Crippen LogP contribution in [0.5, 0.6) is 0 Å². The van der Waals surface area contributed by atoms with Crippen molar-refractivity contribution in [2.45, 2.75) is 31.6 Å². The first kappa shape index (κ1) is 35.9. The Morgan fingerprint density at radius 2 is 0.583 bits per heavy atom. The first-order valence-electron chi connectivity index (χ1n) is 21.1. The van der Waals surface area contributed by atoms with Crippen LogP contribution < -0.4 is 4.90 Å². The monoisotopic (exact) mass is 767 g/mol. The molecule has 1 heteroatoms. The van der Waals surface area contributed by atoms with Gasteiger partial charge in [-0.3, -0.25) is 0 Å². The van der Waals surface area contributed by atoms with Crippen LogP contribution in [0.25, 0.3) is 22.3 Å². The van der Waals surface area contributed by atoms with Crippen LogP contribution in [0, 0.1) is 20.8 Å². The van der Waals surface area contributed by atoms with Gasteiger partial charge < -0.3 is 4.90 Å². The summed E-state index contributed by atoms with van der Waals surface area (Å²) < 4.78 is 0. The molecule has 2 aliphatic carbocycles. The number of aryl methyl sites for hydroxylation is 3. The summed E-state index contributed by atoms with van der Waals surface area (Å²) in [5, 5.41) is 0. The van der Waals surface area contributed by atoms with E-state index in [0.29, 0.717) is 0 Å². The van der Waals surface area contributed by atoms with E-state index in [2.05, 4.69) is 244 Å². The number of anilines is 3. The van der Waals surface area contributed by atoms with Crippen LogP contribution in [-0.2, 0) is 10.8 Å². The Morgan fingerprint density at radius 3 is 1.00 bits per heavy atom. The Hall–Kier alpha value is -7.22. The van der Waals surface area contributed by atoms with E-state index < -0.39 is 10.8 Å². The topological polar surface area (TPSA) is 3.24 Å². The lowest BCUT2D eigenvalue weighted by molar-refractivity contribution is 0.768. The molecule has 0 fully saturated rings. The maximum absolute atomic E-state index is 2.45. The van der Waals surface area contributed by atoms with Gasteiger partial charge in [-0.2, -0.15) is 0 Å². The molecule has 0 amide bonds. The van der Waals surface area contributed by atoms with E-state index in [9.17, 15) is 0 Å². The molecule has 1 nitrogen and oxygen atoms in total. The van der Waals surface area contributed by atoms with Crippen LogP contribution >= 0.6 is 0 Å². The summed E-state index contributed by atoms with van der Waals surface area (Å²) in [7, 11) is 0. The van der Waals surface area contributed by atoms with Crippen molar-refractivity contribution >= 4 is 17.1 Å². The molecule has 0 aromatic heterocycles.